The second-order valence-corrected chi connectivity index (χ2v) is 7.78. The summed E-state index contributed by atoms with van der Waals surface area (Å²) in [6.07, 6.45) is 4.51. The van der Waals surface area contributed by atoms with Gasteiger partial charge in [-0.1, -0.05) is 48.5 Å². The Kier molecular flexibility index (Phi) is 5.55. The van der Waals surface area contributed by atoms with E-state index in [1.807, 2.05) is 35.2 Å². The molecule has 2 aliphatic rings. The molecule has 1 fully saturated rings. The van der Waals surface area contributed by atoms with Crippen molar-refractivity contribution in [3.63, 3.8) is 0 Å². The second-order valence-electron chi connectivity index (χ2n) is 6.71. The van der Waals surface area contributed by atoms with Gasteiger partial charge in [0.15, 0.2) is 5.16 Å². The maximum absolute atomic E-state index is 13.3. The van der Waals surface area contributed by atoms with Crippen molar-refractivity contribution in [3.8, 4) is 0 Å². The van der Waals surface area contributed by atoms with Crippen molar-refractivity contribution in [1.29, 1.82) is 0 Å². The normalized spacial score (nSPS) is 18.8. The standard InChI is InChI=1S/C19H24N4O2S/c24-18(22-11-13-25-14-12-22)17(15-7-3-1-4-8-15)26-19-21-20-16-9-5-2-6-10-23(16)19/h1,3-4,7-8,17H,2,5-6,9-14H2/t17-/m0/s1. The predicted molar refractivity (Wildman–Crippen MR) is 100 cm³/mol. The first-order valence-corrected chi connectivity index (χ1v) is 10.2. The minimum absolute atomic E-state index is 0.135. The molecular formula is C19H24N4O2S. The maximum atomic E-state index is 13.3. The number of nitrogens with zero attached hydrogens (tertiary/aromatic N) is 4. The molecule has 0 saturated carbocycles. The molecule has 0 spiro atoms. The second kappa shape index (κ2) is 8.22. The molecule has 1 aromatic heterocycles. The first kappa shape index (κ1) is 17.5. The summed E-state index contributed by atoms with van der Waals surface area (Å²) in [5, 5.41) is 9.35. The van der Waals surface area contributed by atoms with E-state index in [-0.39, 0.29) is 11.2 Å². The highest BCUT2D eigenvalue weighted by Crippen LogP contribution is 2.37. The zero-order valence-electron chi connectivity index (χ0n) is 14.8. The number of aromatic nitrogens is 3. The van der Waals surface area contributed by atoms with Crippen LogP contribution in [0.15, 0.2) is 35.5 Å². The third-order valence-electron chi connectivity index (χ3n) is 4.95. The van der Waals surface area contributed by atoms with Crippen LogP contribution in [0.25, 0.3) is 0 Å². The summed E-state index contributed by atoms with van der Waals surface area (Å²) in [6, 6.07) is 10.00. The Morgan fingerprint density at radius 1 is 1.04 bits per heavy atom. The summed E-state index contributed by atoms with van der Waals surface area (Å²) in [4.78, 5) is 15.2. The molecule has 1 atom stereocenters. The number of thioether (sulfide) groups is 1. The van der Waals surface area contributed by atoms with Crippen molar-refractivity contribution in [2.24, 2.45) is 0 Å². The smallest absolute Gasteiger partial charge is 0.240 e. The third-order valence-corrected chi connectivity index (χ3v) is 6.17. The van der Waals surface area contributed by atoms with E-state index in [9.17, 15) is 4.79 Å². The highest BCUT2D eigenvalue weighted by Gasteiger charge is 2.30. The lowest BCUT2D eigenvalue weighted by atomic mass is 10.1. The molecule has 0 unspecified atom stereocenters. The van der Waals surface area contributed by atoms with E-state index < -0.39 is 0 Å². The molecule has 138 valence electrons. The number of hydrogen-bond acceptors (Lipinski definition) is 5. The Labute approximate surface area is 157 Å². The van der Waals surface area contributed by atoms with Crippen molar-refractivity contribution < 1.29 is 9.53 Å². The van der Waals surface area contributed by atoms with Crippen molar-refractivity contribution in [3.05, 3.63) is 41.7 Å². The molecule has 0 N–H and O–H groups in total. The number of rotatable bonds is 4. The molecular weight excluding hydrogens is 348 g/mol. The van der Waals surface area contributed by atoms with Crippen molar-refractivity contribution in [2.45, 2.75) is 42.6 Å². The fourth-order valence-electron chi connectivity index (χ4n) is 3.49. The van der Waals surface area contributed by atoms with Gasteiger partial charge in [0, 0.05) is 26.1 Å². The molecule has 2 aromatic rings. The predicted octanol–water partition coefficient (Wildman–Crippen LogP) is 2.70. The van der Waals surface area contributed by atoms with Crippen LogP contribution in [0.3, 0.4) is 0 Å². The molecule has 0 radical (unpaired) electrons. The van der Waals surface area contributed by atoms with Gasteiger partial charge in [-0.25, -0.2) is 0 Å². The Bertz CT molecular complexity index is 743. The van der Waals surface area contributed by atoms with E-state index in [0.29, 0.717) is 26.3 Å². The molecule has 0 aliphatic carbocycles. The minimum Gasteiger partial charge on any atom is -0.378 e. The van der Waals surface area contributed by atoms with Gasteiger partial charge in [0.1, 0.15) is 11.1 Å². The number of carbonyl (C=O) groups is 1. The van der Waals surface area contributed by atoms with Crippen LogP contribution >= 0.6 is 11.8 Å². The van der Waals surface area contributed by atoms with Crippen LogP contribution < -0.4 is 0 Å². The van der Waals surface area contributed by atoms with Gasteiger partial charge in [0.25, 0.3) is 0 Å². The lowest BCUT2D eigenvalue weighted by molar-refractivity contribution is -0.134. The van der Waals surface area contributed by atoms with E-state index in [0.717, 1.165) is 42.4 Å². The fraction of sp³-hybridized carbons (Fsp3) is 0.526. The zero-order chi connectivity index (χ0) is 17.8. The number of hydrogen-bond donors (Lipinski definition) is 0. The van der Waals surface area contributed by atoms with Gasteiger partial charge in [-0.3, -0.25) is 4.79 Å². The van der Waals surface area contributed by atoms with Gasteiger partial charge in [-0.2, -0.15) is 0 Å². The highest BCUT2D eigenvalue weighted by molar-refractivity contribution is 8.00. The Hall–Kier alpha value is -1.86. The molecule has 2 aliphatic heterocycles. The van der Waals surface area contributed by atoms with Crippen LogP contribution in [-0.2, 0) is 22.5 Å². The van der Waals surface area contributed by atoms with Crippen LogP contribution in [0, 0.1) is 0 Å². The summed E-state index contributed by atoms with van der Waals surface area (Å²) < 4.78 is 7.61. The average molecular weight is 372 g/mol. The number of ether oxygens (including phenoxy) is 1. The minimum atomic E-state index is -0.300. The van der Waals surface area contributed by atoms with Crippen LogP contribution in [0.2, 0.25) is 0 Å². The van der Waals surface area contributed by atoms with Crippen LogP contribution in [0.1, 0.15) is 35.9 Å². The van der Waals surface area contributed by atoms with Gasteiger partial charge in [0.2, 0.25) is 5.91 Å². The van der Waals surface area contributed by atoms with Gasteiger partial charge >= 0.3 is 0 Å². The van der Waals surface area contributed by atoms with Crippen molar-refractivity contribution >= 4 is 17.7 Å². The fourth-order valence-corrected chi connectivity index (χ4v) is 4.66. The summed E-state index contributed by atoms with van der Waals surface area (Å²) >= 11 is 1.53. The highest BCUT2D eigenvalue weighted by atomic mass is 32.2. The molecule has 1 aromatic carbocycles. The van der Waals surface area contributed by atoms with E-state index in [4.69, 9.17) is 4.74 Å². The third kappa shape index (κ3) is 3.78. The first-order chi connectivity index (χ1) is 12.8. The molecule has 7 heteroatoms. The van der Waals surface area contributed by atoms with Crippen LogP contribution in [-0.4, -0.2) is 51.9 Å². The molecule has 0 bridgehead atoms. The average Bonchev–Trinajstić information content (AvgIpc) is 2.92. The number of carbonyl (C=O) groups excluding carboxylic acids is 1. The number of aryl methyl sites for hydroxylation is 1. The molecule has 1 saturated heterocycles. The lowest BCUT2D eigenvalue weighted by Crippen LogP contribution is -2.42. The number of morpholine rings is 1. The summed E-state index contributed by atoms with van der Waals surface area (Å²) in [5.74, 6) is 1.19. The summed E-state index contributed by atoms with van der Waals surface area (Å²) in [5.41, 5.74) is 1.01. The van der Waals surface area contributed by atoms with Crippen LogP contribution in [0.4, 0.5) is 0 Å². The van der Waals surface area contributed by atoms with Gasteiger partial charge in [0.05, 0.1) is 13.2 Å². The summed E-state index contributed by atoms with van der Waals surface area (Å²) in [7, 11) is 0. The van der Waals surface area contributed by atoms with Crippen molar-refractivity contribution in [2.75, 3.05) is 26.3 Å². The van der Waals surface area contributed by atoms with E-state index in [1.54, 1.807) is 0 Å². The Morgan fingerprint density at radius 3 is 2.65 bits per heavy atom. The zero-order valence-corrected chi connectivity index (χ0v) is 15.7. The van der Waals surface area contributed by atoms with E-state index in [2.05, 4.69) is 14.8 Å². The van der Waals surface area contributed by atoms with Crippen LogP contribution in [0.5, 0.6) is 0 Å². The number of fused-ring (bicyclic) bond motifs is 1. The number of amides is 1. The lowest BCUT2D eigenvalue weighted by Gasteiger charge is -2.30. The monoisotopic (exact) mass is 372 g/mol. The van der Waals surface area contributed by atoms with Gasteiger partial charge in [-0.05, 0) is 18.4 Å². The molecule has 6 nitrogen and oxygen atoms in total. The molecule has 1 amide bonds. The van der Waals surface area contributed by atoms with E-state index in [1.165, 1.54) is 18.2 Å². The van der Waals surface area contributed by atoms with Gasteiger partial charge < -0.3 is 14.2 Å². The first-order valence-electron chi connectivity index (χ1n) is 9.33. The molecule has 26 heavy (non-hydrogen) atoms. The number of benzene rings is 1. The Balaban J connectivity index is 1.61. The van der Waals surface area contributed by atoms with E-state index >= 15 is 0 Å². The van der Waals surface area contributed by atoms with Crippen molar-refractivity contribution in [1.82, 2.24) is 19.7 Å². The largest absolute Gasteiger partial charge is 0.378 e. The SMILES string of the molecule is O=C([C@@H](Sc1nnc2n1CCCCC2)c1ccccc1)N1CCOCC1. The summed E-state index contributed by atoms with van der Waals surface area (Å²) in [6.45, 7) is 3.47. The molecule has 4 rings (SSSR count). The maximum Gasteiger partial charge on any atom is 0.240 e. The topological polar surface area (TPSA) is 60.2 Å². The molecule has 3 heterocycles. The van der Waals surface area contributed by atoms with Gasteiger partial charge in [-0.15, -0.1) is 10.2 Å². The quantitative estimate of drug-likeness (QED) is 0.773. The Morgan fingerprint density at radius 2 is 1.85 bits per heavy atom.